The normalized spacial score (nSPS) is 26.8. The van der Waals surface area contributed by atoms with Crippen LogP contribution in [0.4, 0.5) is 4.39 Å². The van der Waals surface area contributed by atoms with E-state index in [0.717, 1.165) is 0 Å². The molecule has 0 bridgehead atoms. The van der Waals surface area contributed by atoms with Gasteiger partial charge in [-0.05, 0) is 30.2 Å². The smallest absolute Gasteiger partial charge is 0.254 e. The van der Waals surface area contributed by atoms with E-state index in [1.54, 1.807) is 41.9 Å². The fourth-order valence-electron chi connectivity index (χ4n) is 3.59. The summed E-state index contributed by atoms with van der Waals surface area (Å²) in [5, 5.41) is 9.57. The quantitative estimate of drug-likeness (QED) is 0.648. The average molecular weight is 364 g/mol. The predicted octanol–water partition coefficient (Wildman–Crippen LogP) is 3.30. The first-order valence-corrected chi connectivity index (χ1v) is 8.22. The molecule has 1 aliphatic carbocycles. The molecule has 0 aromatic heterocycles. The molecule has 7 heteroatoms. The highest BCUT2D eigenvalue weighted by Crippen LogP contribution is 2.63. The van der Waals surface area contributed by atoms with Gasteiger partial charge in [0.1, 0.15) is 18.5 Å². The molecule has 1 heterocycles. The van der Waals surface area contributed by atoms with Crippen LogP contribution in [0.2, 0.25) is 5.02 Å². The van der Waals surface area contributed by atoms with Crippen LogP contribution in [0.25, 0.3) is 0 Å². The first kappa shape index (κ1) is 16.2. The minimum atomic E-state index is -1.12. The number of ether oxygens (including phenoxy) is 2. The standard InChI is InChI=1S/C18H15ClFNO4/c19-12-5-3-7-14-16(12)25-15(9-24-14)18(17(22)21-23)8-11(18)10-4-1-2-6-13(10)20/h1-7,11,15,23H,8-9H2,(H,21,22)/t11-,15-,18-/m0/s1. The van der Waals surface area contributed by atoms with Crippen molar-refractivity contribution < 1.29 is 23.9 Å². The molecule has 130 valence electrons. The van der Waals surface area contributed by atoms with Gasteiger partial charge in [-0.1, -0.05) is 35.9 Å². The van der Waals surface area contributed by atoms with Crippen molar-refractivity contribution in [2.24, 2.45) is 5.41 Å². The largest absolute Gasteiger partial charge is 0.486 e. The van der Waals surface area contributed by atoms with Gasteiger partial charge in [-0.25, -0.2) is 9.87 Å². The third-order valence-corrected chi connectivity index (χ3v) is 5.26. The van der Waals surface area contributed by atoms with Gasteiger partial charge in [-0.2, -0.15) is 0 Å². The molecular weight excluding hydrogens is 349 g/mol. The zero-order valence-electron chi connectivity index (χ0n) is 13.0. The lowest BCUT2D eigenvalue weighted by Crippen LogP contribution is -2.46. The molecule has 2 aliphatic rings. The summed E-state index contributed by atoms with van der Waals surface area (Å²) in [6, 6.07) is 11.4. The lowest BCUT2D eigenvalue weighted by Gasteiger charge is -2.32. The summed E-state index contributed by atoms with van der Waals surface area (Å²) in [6.45, 7) is 0.103. The van der Waals surface area contributed by atoms with E-state index in [2.05, 4.69) is 0 Å². The highest BCUT2D eigenvalue weighted by molar-refractivity contribution is 6.32. The molecule has 2 aromatic rings. The summed E-state index contributed by atoms with van der Waals surface area (Å²) >= 11 is 6.16. The van der Waals surface area contributed by atoms with Crippen molar-refractivity contribution in [3.8, 4) is 11.5 Å². The molecule has 2 N–H and O–H groups in total. The van der Waals surface area contributed by atoms with E-state index in [0.29, 0.717) is 28.5 Å². The molecule has 0 spiro atoms. The third kappa shape index (κ3) is 2.44. The van der Waals surface area contributed by atoms with Gasteiger partial charge < -0.3 is 9.47 Å². The number of hydrogen-bond acceptors (Lipinski definition) is 4. The zero-order valence-corrected chi connectivity index (χ0v) is 13.8. The Morgan fingerprint density at radius 3 is 2.84 bits per heavy atom. The molecule has 0 saturated heterocycles. The van der Waals surface area contributed by atoms with E-state index >= 15 is 0 Å². The van der Waals surface area contributed by atoms with Crippen LogP contribution in [0.15, 0.2) is 42.5 Å². The van der Waals surface area contributed by atoms with Gasteiger partial charge in [0, 0.05) is 5.92 Å². The molecule has 1 fully saturated rings. The molecule has 4 rings (SSSR count). The third-order valence-electron chi connectivity index (χ3n) is 4.96. The Bertz CT molecular complexity index is 846. The fourth-order valence-corrected chi connectivity index (χ4v) is 3.80. The number of halogens is 2. The minimum absolute atomic E-state index is 0.103. The lowest BCUT2D eigenvalue weighted by atomic mass is 9.91. The molecule has 2 aromatic carbocycles. The molecule has 1 amide bonds. The fraction of sp³-hybridized carbons (Fsp3) is 0.278. The number of fused-ring (bicyclic) bond motifs is 1. The van der Waals surface area contributed by atoms with Crippen LogP contribution < -0.4 is 15.0 Å². The number of carbonyl (C=O) groups is 1. The van der Waals surface area contributed by atoms with Gasteiger partial charge in [0.05, 0.1) is 10.4 Å². The maximum absolute atomic E-state index is 14.2. The van der Waals surface area contributed by atoms with Crippen molar-refractivity contribution in [1.82, 2.24) is 5.48 Å². The van der Waals surface area contributed by atoms with E-state index in [-0.39, 0.29) is 6.61 Å². The number of carbonyl (C=O) groups excluding carboxylic acids is 1. The summed E-state index contributed by atoms with van der Waals surface area (Å²) in [5.41, 5.74) is 0.992. The van der Waals surface area contributed by atoms with Crippen LogP contribution in [0.1, 0.15) is 17.9 Å². The van der Waals surface area contributed by atoms with Crippen molar-refractivity contribution in [3.63, 3.8) is 0 Å². The van der Waals surface area contributed by atoms with E-state index in [9.17, 15) is 14.4 Å². The monoisotopic (exact) mass is 363 g/mol. The van der Waals surface area contributed by atoms with Gasteiger partial charge in [-0.15, -0.1) is 0 Å². The summed E-state index contributed by atoms with van der Waals surface area (Å²) in [4.78, 5) is 12.4. The second-order valence-electron chi connectivity index (χ2n) is 6.24. The van der Waals surface area contributed by atoms with E-state index < -0.39 is 29.2 Å². The van der Waals surface area contributed by atoms with Crippen LogP contribution in [0, 0.1) is 11.2 Å². The van der Waals surface area contributed by atoms with Gasteiger partial charge >= 0.3 is 0 Å². The summed E-state index contributed by atoms with van der Waals surface area (Å²) in [5.74, 6) is -0.588. The van der Waals surface area contributed by atoms with Gasteiger partial charge in [0.15, 0.2) is 11.5 Å². The van der Waals surface area contributed by atoms with Crippen molar-refractivity contribution in [2.45, 2.75) is 18.4 Å². The second-order valence-corrected chi connectivity index (χ2v) is 6.65. The first-order chi connectivity index (χ1) is 12.1. The van der Waals surface area contributed by atoms with Crippen molar-refractivity contribution in [3.05, 3.63) is 58.9 Å². The highest BCUT2D eigenvalue weighted by Gasteiger charge is 2.67. The minimum Gasteiger partial charge on any atom is -0.486 e. The highest BCUT2D eigenvalue weighted by atomic mass is 35.5. The Morgan fingerprint density at radius 2 is 2.08 bits per heavy atom. The Morgan fingerprint density at radius 1 is 1.28 bits per heavy atom. The number of hydrogen-bond donors (Lipinski definition) is 2. The molecule has 1 saturated carbocycles. The predicted molar refractivity (Wildman–Crippen MR) is 87.5 cm³/mol. The molecule has 0 radical (unpaired) electrons. The lowest BCUT2D eigenvalue weighted by molar-refractivity contribution is -0.140. The summed E-state index contributed by atoms with van der Waals surface area (Å²) in [7, 11) is 0. The van der Waals surface area contributed by atoms with Crippen LogP contribution in [-0.4, -0.2) is 23.8 Å². The number of para-hydroxylation sites is 1. The van der Waals surface area contributed by atoms with E-state index in [4.69, 9.17) is 21.1 Å². The Balaban J connectivity index is 1.70. The van der Waals surface area contributed by atoms with Crippen molar-refractivity contribution in [1.29, 1.82) is 0 Å². The van der Waals surface area contributed by atoms with Gasteiger partial charge in [-0.3, -0.25) is 10.0 Å². The number of amides is 1. The molecule has 25 heavy (non-hydrogen) atoms. The average Bonchev–Trinajstić information content (AvgIpc) is 3.38. The van der Waals surface area contributed by atoms with E-state index in [1.807, 2.05) is 0 Å². The number of rotatable bonds is 3. The number of nitrogens with one attached hydrogen (secondary N) is 1. The number of hydroxylamine groups is 1. The molecule has 3 atom stereocenters. The maximum atomic E-state index is 14.2. The summed E-state index contributed by atoms with van der Waals surface area (Å²) in [6.07, 6.45) is -0.356. The van der Waals surface area contributed by atoms with Crippen LogP contribution >= 0.6 is 11.6 Å². The maximum Gasteiger partial charge on any atom is 0.254 e. The van der Waals surface area contributed by atoms with Crippen LogP contribution in [0.3, 0.4) is 0 Å². The second kappa shape index (κ2) is 5.89. The summed E-state index contributed by atoms with van der Waals surface area (Å²) < 4.78 is 25.8. The Hall–Kier alpha value is -2.31. The Labute approximate surface area is 148 Å². The molecule has 5 nitrogen and oxygen atoms in total. The number of benzene rings is 2. The van der Waals surface area contributed by atoms with E-state index in [1.165, 1.54) is 6.07 Å². The van der Waals surface area contributed by atoms with Gasteiger partial charge in [0.25, 0.3) is 5.91 Å². The SMILES string of the molecule is O=C(NO)[C@@]1([C@@H]2COc3cccc(Cl)c3O2)C[C@H]1c1ccccc1F. The van der Waals surface area contributed by atoms with Crippen LogP contribution in [0.5, 0.6) is 11.5 Å². The van der Waals surface area contributed by atoms with Crippen molar-refractivity contribution >= 4 is 17.5 Å². The Kier molecular flexibility index (Phi) is 3.81. The molecular formula is C18H15ClFNO4. The first-order valence-electron chi connectivity index (χ1n) is 7.85. The van der Waals surface area contributed by atoms with Gasteiger partial charge in [0.2, 0.25) is 0 Å². The molecule has 1 aliphatic heterocycles. The van der Waals surface area contributed by atoms with Crippen LogP contribution in [-0.2, 0) is 4.79 Å². The topological polar surface area (TPSA) is 67.8 Å². The van der Waals surface area contributed by atoms with Crippen molar-refractivity contribution in [2.75, 3.05) is 6.61 Å². The molecule has 0 unspecified atom stereocenters. The zero-order chi connectivity index (χ0) is 17.6.